The predicted molar refractivity (Wildman–Crippen MR) is 73.5 cm³/mol. The Morgan fingerprint density at radius 2 is 2.12 bits per heavy atom. The lowest BCUT2D eigenvalue weighted by molar-refractivity contribution is 0.731. The maximum absolute atomic E-state index is 5.94. The van der Waals surface area contributed by atoms with Crippen molar-refractivity contribution >= 4 is 39.1 Å². The average molecular weight is 302 g/mol. The maximum Gasteiger partial charge on any atom is 0.101 e. The van der Waals surface area contributed by atoms with E-state index < -0.39 is 0 Å². The summed E-state index contributed by atoms with van der Waals surface area (Å²) in [6.07, 6.45) is 4.75. The van der Waals surface area contributed by atoms with Gasteiger partial charge in [0.1, 0.15) is 5.84 Å². The molecule has 4 heteroatoms. The minimum absolute atomic E-state index is 0.730. The third kappa shape index (κ3) is 3.22. The minimum atomic E-state index is 0.730. The first-order valence-corrected chi connectivity index (χ1v) is 6.68. The zero-order valence-corrected chi connectivity index (χ0v) is 11.3. The van der Waals surface area contributed by atoms with Crippen molar-refractivity contribution in [3.63, 3.8) is 0 Å². The second kappa shape index (κ2) is 5.69. The van der Waals surface area contributed by atoms with Crippen molar-refractivity contribution in [2.24, 2.45) is 4.99 Å². The van der Waals surface area contributed by atoms with Crippen molar-refractivity contribution in [1.29, 1.82) is 0 Å². The van der Waals surface area contributed by atoms with E-state index in [4.69, 9.17) is 11.6 Å². The number of aliphatic imine (C=N–C) groups is 1. The molecule has 1 aromatic carbocycles. The Morgan fingerprint density at radius 3 is 2.94 bits per heavy atom. The molecule has 2 rings (SSSR count). The third-order valence-corrected chi connectivity index (χ3v) is 3.80. The second-order valence-corrected chi connectivity index (χ2v) is 5.15. The molecule has 0 saturated heterocycles. The van der Waals surface area contributed by atoms with E-state index in [9.17, 15) is 0 Å². The van der Waals surface area contributed by atoms with Gasteiger partial charge in [0.2, 0.25) is 0 Å². The molecule has 2 nitrogen and oxygen atoms in total. The Bertz CT molecular complexity index is 404. The van der Waals surface area contributed by atoms with Gasteiger partial charge in [-0.1, -0.05) is 18.0 Å². The quantitative estimate of drug-likeness (QED) is 0.812. The van der Waals surface area contributed by atoms with Crippen LogP contribution in [0.5, 0.6) is 0 Å². The molecule has 0 saturated carbocycles. The molecule has 0 bridgehead atoms. The first kappa shape index (κ1) is 11.9. The van der Waals surface area contributed by atoms with Gasteiger partial charge in [-0.05, 0) is 47.0 Å². The van der Waals surface area contributed by atoms with Gasteiger partial charge in [-0.3, -0.25) is 4.99 Å². The predicted octanol–water partition coefficient (Wildman–Crippen LogP) is 4.49. The lowest BCUT2D eigenvalue weighted by atomic mass is 10.2. The number of rotatable bonds is 1. The smallest absolute Gasteiger partial charge is 0.101 e. The number of nitrogens with one attached hydrogen (secondary N) is 1. The van der Waals surface area contributed by atoms with E-state index in [2.05, 4.69) is 26.2 Å². The van der Waals surface area contributed by atoms with Crippen molar-refractivity contribution in [3.05, 3.63) is 27.7 Å². The Balaban J connectivity index is 2.07. The maximum atomic E-state index is 5.94. The number of benzene rings is 1. The Kier molecular flexibility index (Phi) is 4.24. The molecule has 0 amide bonds. The summed E-state index contributed by atoms with van der Waals surface area (Å²) < 4.78 is 0.911. The van der Waals surface area contributed by atoms with Crippen LogP contribution in [0.3, 0.4) is 0 Å². The first-order chi connectivity index (χ1) is 7.75. The number of amidine groups is 1. The lowest BCUT2D eigenvalue weighted by Crippen LogP contribution is -2.11. The van der Waals surface area contributed by atoms with Crippen LogP contribution in [0.4, 0.5) is 5.69 Å². The molecular formula is C12H14BrClN2. The van der Waals surface area contributed by atoms with Crippen LogP contribution in [0.15, 0.2) is 27.7 Å². The van der Waals surface area contributed by atoms with Crippen molar-refractivity contribution < 1.29 is 0 Å². The summed E-state index contributed by atoms with van der Waals surface area (Å²) in [6.45, 7) is 0.942. The molecule has 0 aromatic heterocycles. The number of hydrogen-bond acceptors (Lipinski definition) is 2. The molecule has 1 aromatic rings. The molecule has 0 radical (unpaired) electrons. The third-order valence-electron chi connectivity index (χ3n) is 2.58. The number of hydrogen-bond donors (Lipinski definition) is 1. The van der Waals surface area contributed by atoms with Crippen LogP contribution in [-0.4, -0.2) is 12.4 Å². The van der Waals surface area contributed by atoms with Crippen molar-refractivity contribution in [3.8, 4) is 0 Å². The topological polar surface area (TPSA) is 24.4 Å². The molecule has 0 spiro atoms. The van der Waals surface area contributed by atoms with E-state index in [0.29, 0.717) is 0 Å². The van der Waals surface area contributed by atoms with E-state index >= 15 is 0 Å². The van der Waals surface area contributed by atoms with Crippen LogP contribution in [0.25, 0.3) is 0 Å². The van der Waals surface area contributed by atoms with E-state index in [1.54, 1.807) is 0 Å². The van der Waals surface area contributed by atoms with Crippen molar-refractivity contribution in [2.75, 3.05) is 11.9 Å². The van der Waals surface area contributed by atoms with Gasteiger partial charge in [0.25, 0.3) is 0 Å². The van der Waals surface area contributed by atoms with Gasteiger partial charge in [0.05, 0.1) is 5.02 Å². The molecular weight excluding hydrogens is 288 g/mol. The van der Waals surface area contributed by atoms with Crippen LogP contribution in [-0.2, 0) is 0 Å². The zero-order chi connectivity index (χ0) is 11.4. The number of anilines is 1. The molecule has 0 fully saturated rings. The van der Waals surface area contributed by atoms with Gasteiger partial charge in [0.15, 0.2) is 0 Å². The van der Waals surface area contributed by atoms with Crippen LogP contribution in [0.2, 0.25) is 5.02 Å². The standard InChI is InChI=1S/C12H14BrClN2/c13-10-8-9(5-6-11(10)14)16-12-4-2-1-3-7-15-12/h5-6,8H,1-4,7H2,(H,15,16). The fourth-order valence-corrected chi connectivity index (χ4v) is 2.21. The first-order valence-electron chi connectivity index (χ1n) is 5.51. The molecule has 1 heterocycles. The molecule has 16 heavy (non-hydrogen) atoms. The van der Waals surface area contributed by atoms with E-state index in [0.717, 1.165) is 34.0 Å². The summed E-state index contributed by atoms with van der Waals surface area (Å²) in [5, 5.41) is 4.08. The van der Waals surface area contributed by atoms with Crippen molar-refractivity contribution in [2.45, 2.75) is 25.7 Å². The molecule has 0 aliphatic carbocycles. The highest BCUT2D eigenvalue weighted by Gasteiger charge is 2.05. The van der Waals surface area contributed by atoms with Crippen LogP contribution < -0.4 is 5.32 Å². The molecule has 1 aliphatic rings. The molecule has 86 valence electrons. The Morgan fingerprint density at radius 1 is 1.25 bits per heavy atom. The Hall–Kier alpha value is -0.540. The second-order valence-electron chi connectivity index (χ2n) is 3.89. The summed E-state index contributed by atoms with van der Waals surface area (Å²) in [7, 11) is 0. The highest BCUT2D eigenvalue weighted by Crippen LogP contribution is 2.25. The normalized spacial score (nSPS) is 16.5. The largest absolute Gasteiger partial charge is 0.344 e. The molecule has 1 aliphatic heterocycles. The van der Waals surface area contributed by atoms with Crippen LogP contribution in [0.1, 0.15) is 25.7 Å². The summed E-state index contributed by atoms with van der Waals surface area (Å²) in [5.74, 6) is 1.09. The van der Waals surface area contributed by atoms with E-state index in [-0.39, 0.29) is 0 Å². The van der Waals surface area contributed by atoms with E-state index in [1.165, 1.54) is 19.3 Å². The van der Waals surface area contributed by atoms with Gasteiger partial charge >= 0.3 is 0 Å². The summed E-state index contributed by atoms with van der Waals surface area (Å²) in [4.78, 5) is 4.53. The van der Waals surface area contributed by atoms with Crippen LogP contribution >= 0.6 is 27.5 Å². The van der Waals surface area contributed by atoms with Crippen molar-refractivity contribution in [1.82, 2.24) is 0 Å². The highest BCUT2D eigenvalue weighted by atomic mass is 79.9. The van der Waals surface area contributed by atoms with Gasteiger partial charge < -0.3 is 5.32 Å². The van der Waals surface area contributed by atoms with Crippen LogP contribution in [0, 0.1) is 0 Å². The minimum Gasteiger partial charge on any atom is -0.344 e. The molecule has 0 unspecified atom stereocenters. The van der Waals surface area contributed by atoms with Gasteiger partial charge in [-0.25, -0.2) is 0 Å². The van der Waals surface area contributed by atoms with Gasteiger partial charge in [-0.2, -0.15) is 0 Å². The molecule has 0 atom stereocenters. The fourth-order valence-electron chi connectivity index (χ4n) is 1.72. The van der Waals surface area contributed by atoms with E-state index in [1.807, 2.05) is 18.2 Å². The lowest BCUT2D eigenvalue weighted by Gasteiger charge is -2.09. The number of halogens is 2. The summed E-state index contributed by atoms with van der Waals surface area (Å²) in [5.41, 5.74) is 1.04. The zero-order valence-electron chi connectivity index (χ0n) is 8.97. The van der Waals surface area contributed by atoms with Gasteiger partial charge in [-0.15, -0.1) is 0 Å². The SMILES string of the molecule is Clc1ccc(NC2=NCCCCC2)cc1Br. The molecule has 1 N–H and O–H groups in total. The number of nitrogens with zero attached hydrogens (tertiary/aromatic N) is 1. The monoisotopic (exact) mass is 300 g/mol. The fraction of sp³-hybridized carbons (Fsp3) is 0.417. The Labute approximate surface area is 109 Å². The van der Waals surface area contributed by atoms with Gasteiger partial charge in [0, 0.05) is 23.1 Å². The summed E-state index contributed by atoms with van der Waals surface area (Å²) in [6, 6.07) is 5.83. The average Bonchev–Trinajstić information content (AvgIpc) is 2.52. The summed E-state index contributed by atoms with van der Waals surface area (Å²) >= 11 is 9.36. The highest BCUT2D eigenvalue weighted by molar-refractivity contribution is 9.10.